The first-order chi connectivity index (χ1) is 8.64. The molecular weight excluding hydrogens is 222 g/mol. The Kier molecular flexibility index (Phi) is 6.99. The van der Waals surface area contributed by atoms with E-state index < -0.39 is 5.60 Å². The first-order valence-corrected chi connectivity index (χ1v) is 7.11. The van der Waals surface area contributed by atoms with E-state index in [-0.39, 0.29) is 0 Å². The number of aliphatic hydroxyl groups is 1. The molecule has 0 saturated carbocycles. The molecule has 2 heteroatoms. The van der Waals surface area contributed by atoms with Crippen molar-refractivity contribution in [2.45, 2.75) is 58.1 Å². The molecule has 0 saturated heterocycles. The highest BCUT2D eigenvalue weighted by Crippen LogP contribution is 2.14. The first-order valence-electron chi connectivity index (χ1n) is 7.11. The second-order valence-electron chi connectivity index (χ2n) is 5.40. The summed E-state index contributed by atoms with van der Waals surface area (Å²) in [5.41, 5.74) is 0.682. The fourth-order valence-electron chi connectivity index (χ4n) is 2.09. The molecule has 1 aromatic carbocycles. The second kappa shape index (κ2) is 8.28. The van der Waals surface area contributed by atoms with Crippen molar-refractivity contribution in [3.63, 3.8) is 0 Å². The van der Waals surface area contributed by atoms with Crippen molar-refractivity contribution in [1.82, 2.24) is 5.32 Å². The van der Waals surface area contributed by atoms with Crippen molar-refractivity contribution in [2.24, 2.45) is 0 Å². The predicted molar refractivity (Wildman–Crippen MR) is 77.5 cm³/mol. The molecule has 0 aliphatic heterocycles. The maximum atomic E-state index is 10.2. The zero-order valence-electron chi connectivity index (χ0n) is 11.8. The third kappa shape index (κ3) is 6.77. The van der Waals surface area contributed by atoms with Gasteiger partial charge < -0.3 is 10.4 Å². The van der Waals surface area contributed by atoms with E-state index in [1.54, 1.807) is 0 Å². The lowest BCUT2D eigenvalue weighted by Crippen LogP contribution is -2.37. The van der Waals surface area contributed by atoms with Crippen LogP contribution in [0, 0.1) is 0 Å². The van der Waals surface area contributed by atoms with Crippen LogP contribution in [0.1, 0.15) is 51.5 Å². The molecule has 1 unspecified atom stereocenters. The molecule has 1 atom stereocenters. The standard InChI is InChI=1S/C16H27NO/c1-3-4-5-9-12-16(2,18)14-17-13-15-10-7-6-8-11-15/h6-8,10-11,17-18H,3-5,9,12-14H2,1-2H3. The molecule has 0 heterocycles. The van der Waals surface area contributed by atoms with E-state index in [0.717, 1.165) is 19.4 Å². The molecule has 0 radical (unpaired) electrons. The van der Waals surface area contributed by atoms with Crippen LogP contribution in [0.15, 0.2) is 30.3 Å². The van der Waals surface area contributed by atoms with Crippen molar-refractivity contribution in [1.29, 1.82) is 0 Å². The molecular formula is C16H27NO. The second-order valence-corrected chi connectivity index (χ2v) is 5.40. The Morgan fingerprint density at radius 1 is 1.11 bits per heavy atom. The summed E-state index contributed by atoms with van der Waals surface area (Å²) >= 11 is 0. The molecule has 0 aromatic heterocycles. The van der Waals surface area contributed by atoms with Gasteiger partial charge in [-0.1, -0.05) is 62.9 Å². The quantitative estimate of drug-likeness (QED) is 0.657. The molecule has 18 heavy (non-hydrogen) atoms. The Hall–Kier alpha value is -0.860. The van der Waals surface area contributed by atoms with Crippen molar-refractivity contribution >= 4 is 0 Å². The Labute approximate surface area is 111 Å². The molecule has 1 rings (SSSR count). The van der Waals surface area contributed by atoms with Gasteiger partial charge in [0.1, 0.15) is 0 Å². The highest BCUT2D eigenvalue weighted by atomic mass is 16.3. The minimum absolute atomic E-state index is 0.581. The van der Waals surface area contributed by atoms with Gasteiger partial charge >= 0.3 is 0 Å². The van der Waals surface area contributed by atoms with Crippen molar-refractivity contribution < 1.29 is 5.11 Å². The molecule has 1 aromatic rings. The lowest BCUT2D eigenvalue weighted by Gasteiger charge is -2.23. The van der Waals surface area contributed by atoms with Crippen molar-refractivity contribution in [3.8, 4) is 0 Å². The van der Waals surface area contributed by atoms with Crippen LogP contribution in [0.3, 0.4) is 0 Å². The van der Waals surface area contributed by atoms with Crippen LogP contribution in [-0.2, 0) is 6.54 Å². The van der Waals surface area contributed by atoms with Crippen molar-refractivity contribution in [2.75, 3.05) is 6.54 Å². The lowest BCUT2D eigenvalue weighted by molar-refractivity contribution is 0.0478. The van der Waals surface area contributed by atoms with Crippen LogP contribution in [0.25, 0.3) is 0 Å². The largest absolute Gasteiger partial charge is 0.389 e. The van der Waals surface area contributed by atoms with Gasteiger partial charge in [-0.3, -0.25) is 0 Å². The molecule has 2 N–H and O–H groups in total. The summed E-state index contributed by atoms with van der Waals surface area (Å²) < 4.78 is 0. The Bertz CT molecular complexity index is 308. The van der Waals surface area contributed by atoms with Crippen LogP contribution in [-0.4, -0.2) is 17.3 Å². The zero-order valence-corrected chi connectivity index (χ0v) is 11.8. The van der Waals surface area contributed by atoms with Crippen LogP contribution in [0.2, 0.25) is 0 Å². The highest BCUT2D eigenvalue weighted by Gasteiger charge is 2.18. The summed E-state index contributed by atoms with van der Waals surface area (Å²) in [7, 11) is 0. The lowest BCUT2D eigenvalue weighted by atomic mass is 9.98. The minimum atomic E-state index is -0.581. The number of hydrogen-bond donors (Lipinski definition) is 2. The van der Waals surface area contributed by atoms with E-state index in [2.05, 4.69) is 24.4 Å². The number of unbranched alkanes of at least 4 members (excludes halogenated alkanes) is 3. The average molecular weight is 249 g/mol. The molecule has 0 fully saturated rings. The monoisotopic (exact) mass is 249 g/mol. The van der Waals surface area contributed by atoms with Gasteiger partial charge in [0.05, 0.1) is 5.60 Å². The van der Waals surface area contributed by atoms with Gasteiger partial charge in [0.2, 0.25) is 0 Å². The van der Waals surface area contributed by atoms with E-state index >= 15 is 0 Å². The third-order valence-corrected chi connectivity index (χ3v) is 3.25. The van der Waals surface area contributed by atoms with Gasteiger partial charge in [-0.25, -0.2) is 0 Å². The van der Waals surface area contributed by atoms with Crippen molar-refractivity contribution in [3.05, 3.63) is 35.9 Å². The molecule has 2 nitrogen and oxygen atoms in total. The smallest absolute Gasteiger partial charge is 0.0743 e. The van der Waals surface area contributed by atoms with Gasteiger partial charge in [-0.2, -0.15) is 0 Å². The molecule has 0 amide bonds. The van der Waals surface area contributed by atoms with Gasteiger partial charge in [0.15, 0.2) is 0 Å². The van der Waals surface area contributed by atoms with Gasteiger partial charge in [0, 0.05) is 13.1 Å². The number of benzene rings is 1. The third-order valence-electron chi connectivity index (χ3n) is 3.25. The van der Waals surface area contributed by atoms with E-state index in [0.29, 0.717) is 6.54 Å². The average Bonchev–Trinajstić information content (AvgIpc) is 2.36. The fourth-order valence-corrected chi connectivity index (χ4v) is 2.09. The Morgan fingerprint density at radius 3 is 2.50 bits per heavy atom. The minimum Gasteiger partial charge on any atom is -0.389 e. The fraction of sp³-hybridized carbons (Fsp3) is 0.625. The number of hydrogen-bond acceptors (Lipinski definition) is 2. The molecule has 0 bridgehead atoms. The molecule has 102 valence electrons. The van der Waals surface area contributed by atoms with Crippen LogP contribution >= 0.6 is 0 Å². The zero-order chi connectivity index (χ0) is 13.3. The summed E-state index contributed by atoms with van der Waals surface area (Å²) in [4.78, 5) is 0. The summed E-state index contributed by atoms with van der Waals surface area (Å²) in [5.74, 6) is 0. The van der Waals surface area contributed by atoms with Crippen LogP contribution in [0.5, 0.6) is 0 Å². The normalized spacial score (nSPS) is 14.4. The maximum Gasteiger partial charge on any atom is 0.0743 e. The SMILES string of the molecule is CCCCCCC(C)(O)CNCc1ccccc1. The van der Waals surface area contributed by atoms with Crippen LogP contribution < -0.4 is 5.32 Å². The van der Waals surface area contributed by atoms with E-state index in [1.807, 2.05) is 25.1 Å². The maximum absolute atomic E-state index is 10.2. The van der Waals surface area contributed by atoms with Crippen LogP contribution in [0.4, 0.5) is 0 Å². The first kappa shape index (κ1) is 15.2. The highest BCUT2D eigenvalue weighted by molar-refractivity contribution is 5.14. The van der Waals surface area contributed by atoms with Gasteiger partial charge in [-0.15, -0.1) is 0 Å². The van der Waals surface area contributed by atoms with E-state index in [9.17, 15) is 5.11 Å². The van der Waals surface area contributed by atoms with E-state index in [4.69, 9.17) is 0 Å². The summed E-state index contributed by atoms with van der Waals surface area (Å²) in [6.45, 7) is 5.62. The van der Waals surface area contributed by atoms with E-state index in [1.165, 1.54) is 24.8 Å². The molecule has 0 aliphatic carbocycles. The Morgan fingerprint density at radius 2 is 1.83 bits per heavy atom. The summed E-state index contributed by atoms with van der Waals surface area (Å²) in [5, 5.41) is 13.6. The number of rotatable bonds is 9. The number of nitrogens with one attached hydrogen (secondary N) is 1. The molecule has 0 aliphatic rings. The summed E-state index contributed by atoms with van der Waals surface area (Å²) in [6, 6.07) is 10.3. The summed E-state index contributed by atoms with van der Waals surface area (Å²) in [6.07, 6.45) is 5.75. The predicted octanol–water partition coefficient (Wildman–Crippen LogP) is 3.50. The Balaban J connectivity index is 2.16. The van der Waals surface area contributed by atoms with Gasteiger partial charge in [-0.05, 0) is 18.9 Å². The topological polar surface area (TPSA) is 32.3 Å². The van der Waals surface area contributed by atoms with Gasteiger partial charge in [0.25, 0.3) is 0 Å². The molecule has 0 spiro atoms.